The van der Waals surface area contributed by atoms with Crippen LogP contribution in [0.25, 0.3) is 0 Å². The van der Waals surface area contributed by atoms with Crippen molar-refractivity contribution in [3.8, 4) is 0 Å². The van der Waals surface area contributed by atoms with Crippen LogP contribution in [-0.2, 0) is 23.4 Å². The van der Waals surface area contributed by atoms with Crippen LogP contribution in [0.15, 0.2) is 11.2 Å². The summed E-state index contributed by atoms with van der Waals surface area (Å²) in [6, 6.07) is 0. The van der Waals surface area contributed by atoms with Crippen LogP contribution in [0, 0.1) is 0 Å². The largest absolute Gasteiger partial charge is 0.382 e. The molecule has 0 saturated heterocycles. The van der Waals surface area contributed by atoms with E-state index >= 15 is 0 Å². The van der Waals surface area contributed by atoms with Crippen molar-refractivity contribution in [2.45, 2.75) is 29.5 Å². The monoisotopic (exact) mass is 314 g/mol. The highest BCUT2D eigenvalue weighted by molar-refractivity contribution is 7.92. The highest BCUT2D eigenvalue weighted by Crippen LogP contribution is 2.41. The van der Waals surface area contributed by atoms with Gasteiger partial charge in [-0.3, -0.25) is 0 Å². The average molecular weight is 314 g/mol. The molecule has 1 fully saturated rings. The van der Waals surface area contributed by atoms with Crippen molar-refractivity contribution in [3.05, 3.63) is 12.2 Å². The van der Waals surface area contributed by atoms with Crippen LogP contribution in [0.3, 0.4) is 0 Å². The van der Waals surface area contributed by atoms with Crippen LogP contribution >= 0.6 is 11.5 Å². The molecule has 10 heteroatoms. The van der Waals surface area contributed by atoms with Gasteiger partial charge >= 0.3 is 0 Å². The highest BCUT2D eigenvalue weighted by atomic mass is 32.2. The summed E-state index contributed by atoms with van der Waals surface area (Å²) in [4.78, 5) is 0.132. The standard InChI is InChI=1S/C10H14N6O2S2/c1-16-5-13-14-7(16)4-12-10-8(9(11)15-19-10)20(17,18)6-2-3-6/h5-6,12H,2-4H2,1H3,(H2,11,15). The van der Waals surface area contributed by atoms with Crippen molar-refractivity contribution in [1.29, 1.82) is 0 Å². The maximum atomic E-state index is 12.3. The fraction of sp³-hybridized carbons (Fsp3) is 0.500. The van der Waals surface area contributed by atoms with Gasteiger partial charge in [-0.05, 0) is 24.4 Å². The Morgan fingerprint density at radius 1 is 1.55 bits per heavy atom. The van der Waals surface area contributed by atoms with Crippen molar-refractivity contribution in [2.24, 2.45) is 7.05 Å². The maximum absolute atomic E-state index is 12.3. The SMILES string of the molecule is Cn1cnnc1CNc1snc(N)c1S(=O)(=O)C1CC1. The number of nitrogen functional groups attached to an aromatic ring is 1. The molecular weight excluding hydrogens is 300 g/mol. The van der Waals surface area contributed by atoms with Gasteiger partial charge in [-0.25, -0.2) is 8.42 Å². The van der Waals surface area contributed by atoms with E-state index in [1.165, 1.54) is 0 Å². The summed E-state index contributed by atoms with van der Waals surface area (Å²) in [6.45, 7) is 0.366. The lowest BCUT2D eigenvalue weighted by Crippen LogP contribution is -2.12. The predicted molar refractivity (Wildman–Crippen MR) is 75.1 cm³/mol. The number of rotatable bonds is 5. The van der Waals surface area contributed by atoms with Crippen LogP contribution in [-0.4, -0.2) is 32.8 Å². The Morgan fingerprint density at radius 2 is 2.30 bits per heavy atom. The summed E-state index contributed by atoms with van der Waals surface area (Å²) >= 11 is 1.05. The molecule has 0 aromatic carbocycles. The van der Waals surface area contributed by atoms with Gasteiger partial charge in [0.15, 0.2) is 21.5 Å². The minimum Gasteiger partial charge on any atom is -0.382 e. The fourth-order valence-corrected chi connectivity index (χ4v) is 4.73. The minimum atomic E-state index is -3.37. The molecule has 1 saturated carbocycles. The lowest BCUT2D eigenvalue weighted by Gasteiger charge is -2.07. The zero-order valence-corrected chi connectivity index (χ0v) is 12.4. The van der Waals surface area contributed by atoms with E-state index in [0.29, 0.717) is 30.2 Å². The molecule has 0 radical (unpaired) electrons. The van der Waals surface area contributed by atoms with E-state index in [1.54, 1.807) is 10.9 Å². The molecule has 2 aromatic rings. The van der Waals surface area contributed by atoms with E-state index < -0.39 is 9.84 Å². The number of hydrogen-bond acceptors (Lipinski definition) is 8. The van der Waals surface area contributed by atoms with Crippen LogP contribution in [0.4, 0.5) is 10.8 Å². The second kappa shape index (κ2) is 4.70. The van der Waals surface area contributed by atoms with Gasteiger partial charge in [0, 0.05) is 7.05 Å². The number of aromatic nitrogens is 4. The zero-order chi connectivity index (χ0) is 14.3. The minimum absolute atomic E-state index is 0.0716. The van der Waals surface area contributed by atoms with E-state index in [1.807, 2.05) is 7.05 Å². The number of nitrogens with two attached hydrogens (primary N) is 1. The van der Waals surface area contributed by atoms with Gasteiger partial charge in [0.25, 0.3) is 0 Å². The molecule has 20 heavy (non-hydrogen) atoms. The van der Waals surface area contributed by atoms with Gasteiger partial charge in [0.05, 0.1) is 11.8 Å². The fourth-order valence-electron chi connectivity index (χ4n) is 1.85. The summed E-state index contributed by atoms with van der Waals surface area (Å²) in [5.41, 5.74) is 5.72. The van der Waals surface area contributed by atoms with Crippen LogP contribution in [0.5, 0.6) is 0 Å². The summed E-state index contributed by atoms with van der Waals surface area (Å²) in [7, 11) is -1.55. The predicted octanol–water partition coefficient (Wildman–Crippen LogP) is 0.402. The van der Waals surface area contributed by atoms with Gasteiger partial charge in [-0.1, -0.05) is 0 Å². The highest BCUT2D eigenvalue weighted by Gasteiger charge is 2.40. The average Bonchev–Trinajstić information content (AvgIpc) is 3.09. The van der Waals surface area contributed by atoms with Gasteiger partial charge in [0.1, 0.15) is 16.2 Å². The molecule has 8 nitrogen and oxygen atoms in total. The van der Waals surface area contributed by atoms with Crippen molar-refractivity contribution < 1.29 is 8.42 Å². The van der Waals surface area contributed by atoms with Gasteiger partial charge in [-0.15, -0.1) is 10.2 Å². The van der Waals surface area contributed by atoms with E-state index in [0.717, 1.165) is 11.5 Å². The summed E-state index contributed by atoms with van der Waals surface area (Å²) < 4.78 is 30.4. The first kappa shape index (κ1) is 13.3. The Labute approximate surface area is 120 Å². The Balaban J connectivity index is 1.86. The van der Waals surface area contributed by atoms with Crippen molar-refractivity contribution in [1.82, 2.24) is 19.1 Å². The van der Waals surface area contributed by atoms with Gasteiger partial charge < -0.3 is 15.6 Å². The number of nitrogens with zero attached hydrogens (tertiary/aromatic N) is 4. The molecule has 0 unspecified atom stereocenters. The topological polar surface area (TPSA) is 116 Å². The molecule has 3 N–H and O–H groups in total. The molecule has 0 aliphatic heterocycles. The molecule has 0 amide bonds. The molecule has 1 aliphatic rings. The third kappa shape index (κ3) is 2.24. The third-order valence-electron chi connectivity index (χ3n) is 3.13. The Bertz CT molecular complexity index is 731. The van der Waals surface area contributed by atoms with E-state index in [2.05, 4.69) is 19.9 Å². The number of nitrogens with one attached hydrogen (secondary N) is 1. The lowest BCUT2D eigenvalue weighted by molar-refractivity contribution is 0.595. The van der Waals surface area contributed by atoms with Crippen LogP contribution < -0.4 is 11.1 Å². The normalized spacial score (nSPS) is 15.4. The van der Waals surface area contributed by atoms with E-state index in [9.17, 15) is 8.42 Å². The summed E-state index contributed by atoms with van der Waals surface area (Å²) in [5.74, 6) is 0.772. The molecule has 1 aliphatic carbocycles. The summed E-state index contributed by atoms with van der Waals surface area (Å²) in [6.07, 6.45) is 2.97. The molecule has 2 aromatic heterocycles. The van der Waals surface area contributed by atoms with Gasteiger partial charge in [-0.2, -0.15) is 4.37 Å². The zero-order valence-electron chi connectivity index (χ0n) is 10.8. The number of hydrogen-bond donors (Lipinski definition) is 2. The summed E-state index contributed by atoms with van der Waals surface area (Å²) in [5, 5.41) is 10.9. The second-order valence-corrected chi connectivity index (χ2v) is 7.62. The smallest absolute Gasteiger partial charge is 0.187 e. The number of sulfone groups is 1. The molecular formula is C10H14N6O2S2. The molecule has 0 spiro atoms. The number of aryl methyl sites for hydroxylation is 1. The second-order valence-electron chi connectivity index (χ2n) is 4.68. The first-order chi connectivity index (χ1) is 9.50. The Hall–Kier alpha value is -1.68. The van der Waals surface area contributed by atoms with E-state index in [-0.39, 0.29) is 16.0 Å². The lowest BCUT2D eigenvalue weighted by atomic mass is 10.5. The van der Waals surface area contributed by atoms with Crippen LogP contribution in [0.2, 0.25) is 0 Å². The number of anilines is 2. The van der Waals surface area contributed by atoms with Gasteiger partial charge in [0.2, 0.25) is 0 Å². The first-order valence-electron chi connectivity index (χ1n) is 6.06. The maximum Gasteiger partial charge on any atom is 0.187 e. The van der Waals surface area contributed by atoms with Crippen molar-refractivity contribution in [3.63, 3.8) is 0 Å². The molecule has 108 valence electrons. The first-order valence-corrected chi connectivity index (χ1v) is 8.38. The Morgan fingerprint density at radius 3 is 2.90 bits per heavy atom. The molecule has 2 heterocycles. The van der Waals surface area contributed by atoms with Crippen molar-refractivity contribution in [2.75, 3.05) is 11.1 Å². The molecule has 0 atom stereocenters. The van der Waals surface area contributed by atoms with E-state index in [4.69, 9.17) is 5.73 Å². The molecule has 3 rings (SSSR count). The Kier molecular flexibility index (Phi) is 3.13. The van der Waals surface area contributed by atoms with Crippen molar-refractivity contribution >= 4 is 32.2 Å². The quantitative estimate of drug-likeness (QED) is 0.820. The third-order valence-corrected chi connectivity index (χ3v) is 6.41. The molecule has 0 bridgehead atoms. The van der Waals surface area contributed by atoms with Crippen LogP contribution in [0.1, 0.15) is 18.7 Å².